The van der Waals surface area contributed by atoms with Crippen LogP contribution in [-0.2, 0) is 9.59 Å². The molecule has 1 heterocycles. The molecule has 0 bridgehead atoms. The second-order valence-corrected chi connectivity index (χ2v) is 4.26. The second kappa shape index (κ2) is 6.20. The van der Waals surface area contributed by atoms with E-state index in [-0.39, 0.29) is 19.1 Å². The molecular formula is C10H18N4O4. The summed E-state index contributed by atoms with van der Waals surface area (Å²) in [5.74, 6) is -1.43. The molecule has 3 N–H and O–H groups in total. The van der Waals surface area contributed by atoms with Crippen molar-refractivity contribution in [3.05, 3.63) is 0 Å². The van der Waals surface area contributed by atoms with E-state index < -0.39 is 11.9 Å². The molecule has 18 heavy (non-hydrogen) atoms. The molecule has 1 saturated heterocycles. The maximum absolute atomic E-state index is 11.9. The molecule has 102 valence electrons. The first kappa shape index (κ1) is 14.2. The predicted molar refractivity (Wildman–Crippen MR) is 62.9 cm³/mol. The number of nitrogens with two attached hydrogens (primary N) is 1. The number of carboxylic acid groups (broad SMARTS) is 1. The first-order valence-corrected chi connectivity index (χ1v) is 5.62. The average molecular weight is 258 g/mol. The Morgan fingerprint density at radius 3 is 2.22 bits per heavy atom. The van der Waals surface area contributed by atoms with Crippen LogP contribution in [0.4, 0.5) is 4.79 Å². The van der Waals surface area contributed by atoms with Crippen LogP contribution in [0.3, 0.4) is 0 Å². The summed E-state index contributed by atoms with van der Waals surface area (Å²) in [6.07, 6.45) is 0. The number of amides is 3. The van der Waals surface area contributed by atoms with Crippen molar-refractivity contribution < 1.29 is 19.5 Å². The van der Waals surface area contributed by atoms with Gasteiger partial charge in [-0.25, -0.2) is 4.79 Å². The summed E-state index contributed by atoms with van der Waals surface area (Å²) in [4.78, 5) is 37.7. The molecule has 0 spiro atoms. The van der Waals surface area contributed by atoms with Gasteiger partial charge in [-0.15, -0.1) is 0 Å². The van der Waals surface area contributed by atoms with Gasteiger partial charge in [-0.2, -0.15) is 0 Å². The number of primary amides is 1. The van der Waals surface area contributed by atoms with E-state index in [2.05, 4.69) is 0 Å². The van der Waals surface area contributed by atoms with Crippen LogP contribution in [0.2, 0.25) is 0 Å². The number of carbonyl (C=O) groups is 3. The largest absolute Gasteiger partial charge is 0.480 e. The maximum atomic E-state index is 11.9. The van der Waals surface area contributed by atoms with Crippen LogP contribution >= 0.6 is 0 Å². The van der Waals surface area contributed by atoms with Gasteiger partial charge in [0.05, 0.1) is 6.54 Å². The quantitative estimate of drug-likeness (QED) is 0.620. The Morgan fingerprint density at radius 2 is 1.78 bits per heavy atom. The minimum absolute atomic E-state index is 0.0147. The fourth-order valence-electron chi connectivity index (χ4n) is 1.83. The highest BCUT2D eigenvalue weighted by atomic mass is 16.4. The van der Waals surface area contributed by atoms with Crippen LogP contribution in [0.15, 0.2) is 0 Å². The van der Waals surface area contributed by atoms with Crippen molar-refractivity contribution in [3.8, 4) is 0 Å². The third-order valence-electron chi connectivity index (χ3n) is 2.72. The van der Waals surface area contributed by atoms with Crippen molar-refractivity contribution in [1.29, 1.82) is 0 Å². The SMILES string of the molecule is CN(CC(N)=O)C(=O)N1CCN(CC(=O)O)CC1. The number of rotatable bonds is 4. The first-order chi connectivity index (χ1) is 8.40. The summed E-state index contributed by atoms with van der Waals surface area (Å²) in [5.41, 5.74) is 5.01. The predicted octanol–water partition coefficient (Wildman–Crippen LogP) is -1.77. The Labute approximate surface area is 105 Å². The van der Waals surface area contributed by atoms with Crippen LogP contribution in [-0.4, -0.2) is 84.0 Å². The smallest absolute Gasteiger partial charge is 0.320 e. The molecular weight excluding hydrogens is 240 g/mol. The summed E-state index contributed by atoms with van der Waals surface area (Å²) >= 11 is 0. The number of hydrogen-bond acceptors (Lipinski definition) is 4. The molecule has 8 heteroatoms. The van der Waals surface area contributed by atoms with Crippen molar-refractivity contribution in [2.24, 2.45) is 5.73 Å². The van der Waals surface area contributed by atoms with E-state index in [1.165, 1.54) is 11.9 Å². The fourth-order valence-corrected chi connectivity index (χ4v) is 1.83. The van der Waals surface area contributed by atoms with Gasteiger partial charge in [-0.05, 0) is 0 Å². The van der Waals surface area contributed by atoms with Crippen LogP contribution in [0.5, 0.6) is 0 Å². The molecule has 0 unspecified atom stereocenters. The van der Waals surface area contributed by atoms with Crippen LogP contribution in [0.25, 0.3) is 0 Å². The summed E-state index contributed by atoms with van der Waals surface area (Å²) in [5, 5.41) is 8.65. The highest BCUT2D eigenvalue weighted by Gasteiger charge is 2.24. The third-order valence-corrected chi connectivity index (χ3v) is 2.72. The average Bonchev–Trinajstić information content (AvgIpc) is 2.27. The van der Waals surface area contributed by atoms with E-state index in [0.29, 0.717) is 26.2 Å². The number of aliphatic carboxylic acids is 1. The molecule has 0 aromatic heterocycles. The van der Waals surface area contributed by atoms with Crippen molar-refractivity contribution in [3.63, 3.8) is 0 Å². The van der Waals surface area contributed by atoms with Crippen LogP contribution < -0.4 is 5.73 Å². The van der Waals surface area contributed by atoms with E-state index in [1.807, 2.05) is 0 Å². The number of carbonyl (C=O) groups excluding carboxylic acids is 2. The van der Waals surface area contributed by atoms with Crippen molar-refractivity contribution in [2.75, 3.05) is 46.3 Å². The zero-order chi connectivity index (χ0) is 13.7. The molecule has 1 aliphatic rings. The molecule has 0 aromatic carbocycles. The fraction of sp³-hybridized carbons (Fsp3) is 0.700. The molecule has 0 saturated carbocycles. The van der Waals surface area contributed by atoms with E-state index in [0.717, 1.165) is 0 Å². The van der Waals surface area contributed by atoms with Crippen molar-refractivity contribution in [2.45, 2.75) is 0 Å². The molecule has 0 aromatic rings. The number of nitrogens with zero attached hydrogens (tertiary/aromatic N) is 3. The Hall–Kier alpha value is -1.83. The lowest BCUT2D eigenvalue weighted by molar-refractivity contribution is -0.138. The maximum Gasteiger partial charge on any atom is 0.320 e. The summed E-state index contributed by atoms with van der Waals surface area (Å²) in [6.45, 7) is 1.81. The molecule has 0 aliphatic carbocycles. The minimum atomic E-state index is -0.874. The van der Waals surface area contributed by atoms with Gasteiger partial charge < -0.3 is 20.6 Å². The lowest BCUT2D eigenvalue weighted by Gasteiger charge is -2.35. The first-order valence-electron chi connectivity index (χ1n) is 5.62. The standard InChI is InChI=1S/C10H18N4O4/c1-12(6-8(11)15)10(18)14-4-2-13(3-5-14)7-9(16)17/h2-7H2,1H3,(H2,11,15)(H,16,17). The highest BCUT2D eigenvalue weighted by molar-refractivity contribution is 5.82. The van der Waals surface area contributed by atoms with Gasteiger partial charge in [-0.3, -0.25) is 14.5 Å². The van der Waals surface area contributed by atoms with Crippen LogP contribution in [0, 0.1) is 0 Å². The lowest BCUT2D eigenvalue weighted by atomic mass is 10.3. The minimum Gasteiger partial charge on any atom is -0.480 e. The second-order valence-electron chi connectivity index (χ2n) is 4.26. The number of hydrogen-bond donors (Lipinski definition) is 2. The topological polar surface area (TPSA) is 107 Å². The summed E-state index contributed by atoms with van der Waals surface area (Å²) in [7, 11) is 1.51. The van der Waals surface area contributed by atoms with Crippen LogP contribution in [0.1, 0.15) is 0 Å². The van der Waals surface area contributed by atoms with E-state index >= 15 is 0 Å². The normalized spacial score (nSPS) is 16.4. The number of piperazine rings is 1. The number of urea groups is 1. The molecule has 0 radical (unpaired) electrons. The number of carboxylic acids is 1. The van der Waals surface area contributed by atoms with Gasteiger partial charge in [0.25, 0.3) is 0 Å². The van der Waals surface area contributed by atoms with Gasteiger partial charge in [0.2, 0.25) is 5.91 Å². The molecule has 1 aliphatic heterocycles. The van der Waals surface area contributed by atoms with Gasteiger partial charge >= 0.3 is 12.0 Å². The zero-order valence-electron chi connectivity index (χ0n) is 10.3. The van der Waals surface area contributed by atoms with Gasteiger partial charge in [-0.1, -0.05) is 0 Å². The van der Waals surface area contributed by atoms with E-state index in [4.69, 9.17) is 10.8 Å². The van der Waals surface area contributed by atoms with Gasteiger partial charge in [0, 0.05) is 33.2 Å². The highest BCUT2D eigenvalue weighted by Crippen LogP contribution is 2.04. The van der Waals surface area contributed by atoms with Gasteiger partial charge in [0.1, 0.15) is 6.54 Å². The summed E-state index contributed by atoms with van der Waals surface area (Å²) < 4.78 is 0. The molecule has 0 atom stereocenters. The monoisotopic (exact) mass is 258 g/mol. The third kappa shape index (κ3) is 4.21. The Morgan fingerprint density at radius 1 is 1.22 bits per heavy atom. The van der Waals surface area contributed by atoms with Crippen molar-refractivity contribution >= 4 is 17.9 Å². The Balaban J connectivity index is 2.40. The van der Waals surface area contributed by atoms with Crippen molar-refractivity contribution in [1.82, 2.24) is 14.7 Å². The molecule has 8 nitrogen and oxygen atoms in total. The number of likely N-dealkylation sites (N-methyl/N-ethyl adjacent to an activating group) is 1. The molecule has 3 amide bonds. The zero-order valence-corrected chi connectivity index (χ0v) is 10.3. The Bertz CT molecular complexity index is 339. The van der Waals surface area contributed by atoms with Gasteiger partial charge in [0.15, 0.2) is 0 Å². The van der Waals surface area contributed by atoms with E-state index in [1.54, 1.807) is 9.80 Å². The lowest BCUT2D eigenvalue weighted by Crippen LogP contribution is -2.53. The van der Waals surface area contributed by atoms with E-state index in [9.17, 15) is 14.4 Å². The Kier molecular flexibility index (Phi) is 4.90. The summed E-state index contributed by atoms with van der Waals surface area (Å²) in [6, 6.07) is -0.260. The molecule has 1 fully saturated rings. The molecule has 1 rings (SSSR count).